The minimum Gasteiger partial charge on any atom is -0.0928 e. The van der Waals surface area contributed by atoms with Gasteiger partial charge in [-0.25, -0.2) is 0 Å². The van der Waals surface area contributed by atoms with E-state index in [2.05, 4.69) is 47.1 Å². The molecule has 0 bridgehead atoms. The molecule has 0 heterocycles. The molecule has 0 radical (unpaired) electrons. The number of benzene rings is 1. The number of unbranched alkanes of at least 4 members (excludes halogenated alkanes) is 2. The van der Waals surface area contributed by atoms with E-state index in [4.69, 9.17) is 11.6 Å². The predicted molar refractivity (Wildman–Crippen MR) is 79.9 cm³/mol. The third kappa shape index (κ3) is 2.77. The molecular formula is C15H18BrCl. The lowest BCUT2D eigenvalue weighted by molar-refractivity contribution is 0.621. The van der Waals surface area contributed by atoms with Gasteiger partial charge in [0.05, 0.1) is 0 Å². The van der Waals surface area contributed by atoms with E-state index < -0.39 is 0 Å². The quantitative estimate of drug-likeness (QED) is 0.482. The van der Waals surface area contributed by atoms with Crippen LogP contribution in [0.15, 0.2) is 29.8 Å². The van der Waals surface area contributed by atoms with E-state index in [1.54, 1.807) is 0 Å². The van der Waals surface area contributed by atoms with Gasteiger partial charge in [-0.15, -0.1) is 0 Å². The monoisotopic (exact) mass is 312 g/mol. The predicted octanol–water partition coefficient (Wildman–Crippen LogP) is 5.71. The van der Waals surface area contributed by atoms with Gasteiger partial charge in [-0.05, 0) is 36.5 Å². The number of fused-ring (bicyclic) bond motifs is 1. The lowest BCUT2D eigenvalue weighted by Gasteiger charge is -2.13. The fourth-order valence-electron chi connectivity index (χ4n) is 2.59. The van der Waals surface area contributed by atoms with Crippen molar-refractivity contribution in [3.8, 4) is 0 Å². The van der Waals surface area contributed by atoms with Gasteiger partial charge in [0.1, 0.15) is 0 Å². The van der Waals surface area contributed by atoms with Gasteiger partial charge >= 0.3 is 0 Å². The van der Waals surface area contributed by atoms with Crippen LogP contribution in [0.25, 0.3) is 5.03 Å². The van der Waals surface area contributed by atoms with Crippen molar-refractivity contribution in [2.24, 2.45) is 0 Å². The zero-order chi connectivity index (χ0) is 12.3. The third-order valence-electron chi connectivity index (χ3n) is 3.57. The van der Waals surface area contributed by atoms with E-state index in [0.29, 0.717) is 5.92 Å². The van der Waals surface area contributed by atoms with Gasteiger partial charge in [0.25, 0.3) is 0 Å². The van der Waals surface area contributed by atoms with Crippen LogP contribution in [0.4, 0.5) is 0 Å². The minimum atomic E-state index is 0.550. The number of halogens is 2. The zero-order valence-electron chi connectivity index (χ0n) is 10.2. The van der Waals surface area contributed by atoms with Crippen LogP contribution in [0.5, 0.6) is 0 Å². The van der Waals surface area contributed by atoms with Gasteiger partial charge in [-0.3, -0.25) is 0 Å². The number of hydrogen-bond donors (Lipinski definition) is 0. The van der Waals surface area contributed by atoms with Crippen molar-refractivity contribution in [2.45, 2.75) is 38.5 Å². The van der Waals surface area contributed by atoms with Crippen LogP contribution in [0.3, 0.4) is 0 Å². The molecule has 92 valence electrons. The molecule has 0 saturated heterocycles. The van der Waals surface area contributed by atoms with E-state index in [1.807, 2.05) is 0 Å². The van der Waals surface area contributed by atoms with Crippen molar-refractivity contribution in [1.29, 1.82) is 0 Å². The summed E-state index contributed by atoms with van der Waals surface area (Å²) in [5.41, 5.74) is 4.03. The molecule has 0 spiro atoms. The largest absolute Gasteiger partial charge is 0.0928 e. The average Bonchev–Trinajstić information content (AvgIpc) is 2.60. The summed E-state index contributed by atoms with van der Waals surface area (Å²) in [4.78, 5) is 0. The van der Waals surface area contributed by atoms with Gasteiger partial charge < -0.3 is 0 Å². The normalized spacial score (nSPS) is 18.6. The molecule has 1 aliphatic carbocycles. The Hall–Kier alpha value is -0.270. The Morgan fingerprint density at radius 2 is 1.94 bits per heavy atom. The van der Waals surface area contributed by atoms with Crippen molar-refractivity contribution in [1.82, 2.24) is 0 Å². The summed E-state index contributed by atoms with van der Waals surface area (Å²) in [6.45, 7) is 2.18. The summed E-state index contributed by atoms with van der Waals surface area (Å²) in [5, 5.41) is 2.09. The van der Waals surface area contributed by atoms with Crippen molar-refractivity contribution in [2.75, 3.05) is 5.33 Å². The van der Waals surface area contributed by atoms with Crippen molar-refractivity contribution >= 4 is 32.6 Å². The Labute approximate surface area is 117 Å². The van der Waals surface area contributed by atoms with Crippen LogP contribution in [-0.4, -0.2) is 5.33 Å². The molecule has 1 aliphatic rings. The Bertz CT molecular complexity index is 423. The van der Waals surface area contributed by atoms with Gasteiger partial charge in [0.15, 0.2) is 0 Å². The van der Waals surface area contributed by atoms with Gasteiger partial charge in [0.2, 0.25) is 0 Å². The van der Waals surface area contributed by atoms with Crippen molar-refractivity contribution < 1.29 is 0 Å². The molecule has 1 unspecified atom stereocenters. The molecule has 0 fully saturated rings. The number of allylic oxidation sites excluding steroid dienone is 1. The molecule has 0 N–H and O–H groups in total. The van der Waals surface area contributed by atoms with Gasteiger partial charge in [-0.1, -0.05) is 64.6 Å². The molecule has 17 heavy (non-hydrogen) atoms. The smallest absolute Gasteiger partial charge is 0.0476 e. The van der Waals surface area contributed by atoms with Crippen LogP contribution in [0.1, 0.15) is 49.7 Å². The highest BCUT2D eigenvalue weighted by atomic mass is 79.9. The summed E-state index contributed by atoms with van der Waals surface area (Å²) < 4.78 is 0. The standard InChI is InChI=1S/C15H18BrCl/c1-11-12(7-3-2-6-10-16)13-8-4-5-9-14(13)15(11)17/h4-5,8-9,12H,2-3,6-7,10H2,1H3. The van der Waals surface area contributed by atoms with E-state index in [0.717, 1.165) is 10.4 Å². The minimum absolute atomic E-state index is 0.550. The van der Waals surface area contributed by atoms with E-state index in [1.165, 1.54) is 42.4 Å². The summed E-state index contributed by atoms with van der Waals surface area (Å²) in [6, 6.07) is 8.55. The Kier molecular flexibility index (Phi) is 4.69. The summed E-state index contributed by atoms with van der Waals surface area (Å²) in [6.07, 6.45) is 5.08. The van der Waals surface area contributed by atoms with Gasteiger partial charge in [-0.2, -0.15) is 0 Å². The second-order valence-corrected chi connectivity index (χ2v) is 5.85. The first-order chi connectivity index (χ1) is 8.25. The Morgan fingerprint density at radius 1 is 1.18 bits per heavy atom. The van der Waals surface area contributed by atoms with E-state index in [-0.39, 0.29) is 0 Å². The molecular weight excluding hydrogens is 296 g/mol. The highest BCUT2D eigenvalue weighted by molar-refractivity contribution is 9.09. The molecule has 1 aromatic rings. The van der Waals surface area contributed by atoms with Crippen LogP contribution in [0.2, 0.25) is 0 Å². The zero-order valence-corrected chi connectivity index (χ0v) is 12.5. The molecule has 0 saturated carbocycles. The van der Waals surface area contributed by atoms with Crippen molar-refractivity contribution in [3.05, 3.63) is 41.0 Å². The fourth-order valence-corrected chi connectivity index (χ4v) is 3.29. The maximum absolute atomic E-state index is 6.40. The highest BCUT2D eigenvalue weighted by Gasteiger charge is 2.26. The SMILES string of the molecule is CC1=C(Cl)c2ccccc2C1CCCCCBr. The summed E-state index contributed by atoms with van der Waals surface area (Å²) in [7, 11) is 0. The van der Waals surface area contributed by atoms with Crippen LogP contribution < -0.4 is 0 Å². The Morgan fingerprint density at radius 3 is 2.71 bits per heavy atom. The van der Waals surface area contributed by atoms with Crippen LogP contribution in [0, 0.1) is 0 Å². The molecule has 0 amide bonds. The first-order valence-corrected chi connectivity index (χ1v) is 7.77. The molecule has 1 aromatic carbocycles. The van der Waals surface area contributed by atoms with Crippen LogP contribution >= 0.6 is 27.5 Å². The number of rotatable bonds is 5. The summed E-state index contributed by atoms with van der Waals surface area (Å²) >= 11 is 9.88. The maximum atomic E-state index is 6.40. The maximum Gasteiger partial charge on any atom is 0.0476 e. The number of alkyl halides is 1. The summed E-state index contributed by atoms with van der Waals surface area (Å²) in [5.74, 6) is 0.550. The number of hydrogen-bond acceptors (Lipinski definition) is 0. The van der Waals surface area contributed by atoms with E-state index >= 15 is 0 Å². The molecule has 1 atom stereocenters. The first-order valence-electron chi connectivity index (χ1n) is 6.27. The second-order valence-electron chi connectivity index (χ2n) is 4.68. The first kappa shape index (κ1) is 13.2. The molecule has 0 aromatic heterocycles. The van der Waals surface area contributed by atoms with E-state index in [9.17, 15) is 0 Å². The van der Waals surface area contributed by atoms with Gasteiger partial charge in [0, 0.05) is 16.3 Å². The highest BCUT2D eigenvalue weighted by Crippen LogP contribution is 2.45. The average molecular weight is 314 g/mol. The molecule has 0 aliphatic heterocycles. The lowest BCUT2D eigenvalue weighted by atomic mass is 9.91. The molecule has 2 heteroatoms. The van der Waals surface area contributed by atoms with Crippen LogP contribution in [-0.2, 0) is 0 Å². The lowest BCUT2D eigenvalue weighted by Crippen LogP contribution is -1.97. The topological polar surface area (TPSA) is 0 Å². The third-order valence-corrected chi connectivity index (χ3v) is 4.63. The molecule has 2 rings (SSSR count). The van der Waals surface area contributed by atoms with Crippen molar-refractivity contribution in [3.63, 3.8) is 0 Å². The Balaban J connectivity index is 2.08. The molecule has 0 nitrogen and oxygen atoms in total. The fraction of sp³-hybridized carbons (Fsp3) is 0.467. The second kappa shape index (κ2) is 6.06.